The van der Waals surface area contributed by atoms with Gasteiger partial charge in [0.1, 0.15) is 0 Å². The predicted octanol–water partition coefficient (Wildman–Crippen LogP) is 2.46. The van der Waals surface area contributed by atoms with Gasteiger partial charge < -0.3 is 4.74 Å². The van der Waals surface area contributed by atoms with Crippen molar-refractivity contribution < 1.29 is 4.74 Å². The minimum Gasteiger partial charge on any atom is -0.375 e. The minimum absolute atomic E-state index is 0.133. The lowest BCUT2D eigenvalue weighted by atomic mass is 9.82. The van der Waals surface area contributed by atoms with Gasteiger partial charge in [-0.3, -0.25) is 0 Å². The van der Waals surface area contributed by atoms with Gasteiger partial charge in [-0.2, -0.15) is 0 Å². The molecular formula is C9H18O. The quantitative estimate of drug-likeness (QED) is 0.546. The van der Waals surface area contributed by atoms with Gasteiger partial charge in [0.25, 0.3) is 0 Å². The topological polar surface area (TPSA) is 9.23 Å². The van der Waals surface area contributed by atoms with Crippen LogP contribution in [0.1, 0.15) is 34.1 Å². The zero-order valence-corrected chi connectivity index (χ0v) is 7.48. The maximum absolute atomic E-state index is 5.61. The largest absolute Gasteiger partial charge is 0.375 e. The molecule has 0 N–H and O–H groups in total. The highest BCUT2D eigenvalue weighted by Crippen LogP contribution is 2.36. The molecule has 1 aliphatic heterocycles. The van der Waals surface area contributed by atoms with Crippen molar-refractivity contribution in [1.82, 2.24) is 0 Å². The summed E-state index contributed by atoms with van der Waals surface area (Å²) in [6.45, 7) is 9.91. The van der Waals surface area contributed by atoms with E-state index in [4.69, 9.17) is 4.74 Å². The molecule has 1 fully saturated rings. The van der Waals surface area contributed by atoms with Gasteiger partial charge in [0.2, 0.25) is 0 Å². The molecule has 1 saturated heterocycles. The molecule has 1 heterocycles. The first-order chi connectivity index (χ1) is 4.54. The van der Waals surface area contributed by atoms with Crippen molar-refractivity contribution in [2.75, 3.05) is 6.61 Å². The molecule has 0 spiro atoms. The first-order valence-corrected chi connectivity index (χ1v) is 4.18. The van der Waals surface area contributed by atoms with E-state index in [1.807, 2.05) is 0 Å². The maximum atomic E-state index is 5.61. The van der Waals surface area contributed by atoms with Crippen LogP contribution in [0.25, 0.3) is 0 Å². The van der Waals surface area contributed by atoms with Crippen molar-refractivity contribution in [1.29, 1.82) is 0 Å². The van der Waals surface area contributed by atoms with Crippen molar-refractivity contribution in [2.45, 2.75) is 39.7 Å². The molecule has 0 bridgehead atoms. The Kier molecular flexibility index (Phi) is 2.04. The smallest absolute Gasteiger partial charge is 0.0657 e. The summed E-state index contributed by atoms with van der Waals surface area (Å²) in [7, 11) is 0. The highest BCUT2D eigenvalue weighted by Gasteiger charge is 2.37. The van der Waals surface area contributed by atoms with Crippen molar-refractivity contribution in [3.8, 4) is 0 Å². The molecule has 1 rings (SSSR count). The highest BCUT2D eigenvalue weighted by molar-refractivity contribution is 4.86. The molecule has 0 aromatic rings. The molecule has 0 radical (unpaired) electrons. The average molecular weight is 142 g/mol. The fourth-order valence-electron chi connectivity index (χ4n) is 2.04. The normalized spacial score (nSPS) is 31.5. The Morgan fingerprint density at radius 1 is 1.40 bits per heavy atom. The molecule has 60 valence electrons. The summed E-state index contributed by atoms with van der Waals surface area (Å²) in [5, 5.41) is 0. The molecule has 0 aromatic heterocycles. The van der Waals surface area contributed by atoms with Crippen LogP contribution >= 0.6 is 0 Å². The molecule has 1 nitrogen and oxygen atoms in total. The lowest BCUT2D eigenvalue weighted by molar-refractivity contribution is 0.000153. The summed E-state index contributed by atoms with van der Waals surface area (Å²) in [4.78, 5) is 0. The molecule has 0 saturated carbocycles. The van der Waals surface area contributed by atoms with Crippen LogP contribution in [-0.2, 0) is 4.74 Å². The van der Waals surface area contributed by atoms with E-state index >= 15 is 0 Å². The number of rotatable bonds is 1. The van der Waals surface area contributed by atoms with Crippen LogP contribution in [0.15, 0.2) is 0 Å². The molecule has 0 amide bonds. The predicted molar refractivity (Wildman–Crippen MR) is 43.0 cm³/mol. The fraction of sp³-hybridized carbons (Fsp3) is 1.00. The van der Waals surface area contributed by atoms with Crippen LogP contribution in [0.4, 0.5) is 0 Å². The first kappa shape index (κ1) is 8.06. The minimum atomic E-state index is 0.133. The second-order valence-electron chi connectivity index (χ2n) is 4.09. The van der Waals surface area contributed by atoms with E-state index in [1.54, 1.807) is 0 Å². The standard InChI is InChI=1S/C9H18O/c1-7(2)8-5-6-10-9(8,3)4/h7-8H,5-6H2,1-4H3/t8-/m0/s1. The van der Waals surface area contributed by atoms with E-state index in [-0.39, 0.29) is 5.60 Å². The highest BCUT2D eigenvalue weighted by atomic mass is 16.5. The average Bonchev–Trinajstić information content (AvgIpc) is 2.08. The van der Waals surface area contributed by atoms with Crippen LogP contribution in [0, 0.1) is 11.8 Å². The van der Waals surface area contributed by atoms with Crippen LogP contribution in [0.5, 0.6) is 0 Å². The zero-order valence-electron chi connectivity index (χ0n) is 7.48. The summed E-state index contributed by atoms with van der Waals surface area (Å²) in [5.74, 6) is 1.52. The number of hydrogen-bond donors (Lipinski definition) is 0. The van der Waals surface area contributed by atoms with Gasteiger partial charge in [0, 0.05) is 6.61 Å². The van der Waals surface area contributed by atoms with Gasteiger partial charge in [0.15, 0.2) is 0 Å². The van der Waals surface area contributed by atoms with E-state index in [2.05, 4.69) is 27.7 Å². The van der Waals surface area contributed by atoms with E-state index in [0.717, 1.165) is 18.4 Å². The van der Waals surface area contributed by atoms with E-state index in [1.165, 1.54) is 6.42 Å². The van der Waals surface area contributed by atoms with Crippen molar-refractivity contribution >= 4 is 0 Å². The Labute approximate surface area is 63.8 Å². The monoisotopic (exact) mass is 142 g/mol. The van der Waals surface area contributed by atoms with Gasteiger partial charge in [-0.15, -0.1) is 0 Å². The van der Waals surface area contributed by atoms with E-state index in [0.29, 0.717) is 0 Å². The molecule has 0 unspecified atom stereocenters. The van der Waals surface area contributed by atoms with E-state index in [9.17, 15) is 0 Å². The summed E-state index contributed by atoms with van der Waals surface area (Å²) in [5.41, 5.74) is 0.133. The van der Waals surface area contributed by atoms with Crippen LogP contribution < -0.4 is 0 Å². The molecule has 1 heteroatoms. The maximum Gasteiger partial charge on any atom is 0.0657 e. The van der Waals surface area contributed by atoms with E-state index < -0.39 is 0 Å². The summed E-state index contributed by atoms with van der Waals surface area (Å²) in [6.07, 6.45) is 1.24. The van der Waals surface area contributed by atoms with Crippen molar-refractivity contribution in [3.05, 3.63) is 0 Å². The van der Waals surface area contributed by atoms with Crippen molar-refractivity contribution in [2.24, 2.45) is 11.8 Å². The number of ether oxygens (including phenoxy) is 1. The van der Waals surface area contributed by atoms with Gasteiger partial charge in [-0.25, -0.2) is 0 Å². The Bertz CT molecular complexity index is 116. The summed E-state index contributed by atoms with van der Waals surface area (Å²) >= 11 is 0. The van der Waals surface area contributed by atoms with Gasteiger partial charge >= 0.3 is 0 Å². The Morgan fingerprint density at radius 2 is 2.00 bits per heavy atom. The van der Waals surface area contributed by atoms with Gasteiger partial charge in [0.05, 0.1) is 5.60 Å². The lowest BCUT2D eigenvalue weighted by Crippen LogP contribution is -2.30. The van der Waals surface area contributed by atoms with Gasteiger partial charge in [-0.1, -0.05) is 13.8 Å². The third kappa shape index (κ3) is 1.34. The molecule has 1 atom stereocenters. The molecule has 0 aliphatic carbocycles. The summed E-state index contributed by atoms with van der Waals surface area (Å²) < 4.78 is 5.61. The first-order valence-electron chi connectivity index (χ1n) is 4.18. The second-order valence-corrected chi connectivity index (χ2v) is 4.09. The molecular weight excluding hydrogens is 124 g/mol. The fourth-order valence-corrected chi connectivity index (χ4v) is 2.04. The van der Waals surface area contributed by atoms with Crippen LogP contribution in [0.3, 0.4) is 0 Å². The Morgan fingerprint density at radius 3 is 2.20 bits per heavy atom. The van der Waals surface area contributed by atoms with Gasteiger partial charge in [-0.05, 0) is 32.1 Å². The zero-order chi connectivity index (χ0) is 7.78. The third-order valence-corrected chi connectivity index (χ3v) is 2.60. The Balaban J connectivity index is 2.59. The molecule has 1 aliphatic rings. The molecule has 10 heavy (non-hydrogen) atoms. The van der Waals surface area contributed by atoms with Crippen LogP contribution in [-0.4, -0.2) is 12.2 Å². The summed E-state index contributed by atoms with van der Waals surface area (Å²) in [6, 6.07) is 0. The molecule has 0 aromatic carbocycles. The second kappa shape index (κ2) is 2.54. The lowest BCUT2D eigenvalue weighted by Gasteiger charge is -2.28. The van der Waals surface area contributed by atoms with Crippen LogP contribution in [0.2, 0.25) is 0 Å². The van der Waals surface area contributed by atoms with Crippen molar-refractivity contribution in [3.63, 3.8) is 0 Å². The number of hydrogen-bond acceptors (Lipinski definition) is 1. The third-order valence-electron chi connectivity index (χ3n) is 2.60. The Hall–Kier alpha value is -0.0400. The SMILES string of the molecule is CC(C)[C@@H]1CCOC1(C)C.